The quantitative estimate of drug-likeness (QED) is 0.779. The summed E-state index contributed by atoms with van der Waals surface area (Å²) in [5, 5.41) is 7.87. The SMILES string of the molecule is Cc1ccc(CC(=O)N2CCC(C(=O)Nc3ccc(S(N)(=O)=O)cc3)CC2)cc1. The number of amides is 2. The molecule has 0 bridgehead atoms. The summed E-state index contributed by atoms with van der Waals surface area (Å²) >= 11 is 0. The Bertz CT molecular complexity index is 978. The average molecular weight is 416 g/mol. The van der Waals surface area contributed by atoms with Crippen molar-refractivity contribution in [3.8, 4) is 0 Å². The van der Waals surface area contributed by atoms with Crippen LogP contribution in [0.3, 0.4) is 0 Å². The van der Waals surface area contributed by atoms with Crippen molar-refractivity contribution in [2.75, 3.05) is 18.4 Å². The Morgan fingerprint density at radius 3 is 2.17 bits per heavy atom. The molecule has 1 saturated heterocycles. The van der Waals surface area contributed by atoms with Crippen LogP contribution in [0.25, 0.3) is 0 Å². The van der Waals surface area contributed by atoms with Crippen LogP contribution in [-0.4, -0.2) is 38.2 Å². The second-order valence-corrected chi connectivity index (χ2v) is 8.94. The van der Waals surface area contributed by atoms with E-state index in [1.54, 1.807) is 0 Å². The third kappa shape index (κ3) is 5.65. The van der Waals surface area contributed by atoms with Crippen molar-refractivity contribution in [2.45, 2.75) is 31.1 Å². The second-order valence-electron chi connectivity index (χ2n) is 7.38. The van der Waals surface area contributed by atoms with Crippen LogP contribution in [0.15, 0.2) is 53.4 Å². The maximum absolute atomic E-state index is 12.5. The van der Waals surface area contributed by atoms with Gasteiger partial charge >= 0.3 is 0 Å². The number of hydrogen-bond acceptors (Lipinski definition) is 4. The first-order valence-corrected chi connectivity index (χ1v) is 11.0. The Labute approximate surface area is 171 Å². The van der Waals surface area contributed by atoms with Gasteiger partial charge in [0, 0.05) is 24.7 Å². The van der Waals surface area contributed by atoms with E-state index in [4.69, 9.17) is 5.14 Å². The lowest BCUT2D eigenvalue weighted by Gasteiger charge is -2.31. The predicted octanol–water partition coefficient (Wildman–Crippen LogP) is 2.06. The summed E-state index contributed by atoms with van der Waals surface area (Å²) in [5.41, 5.74) is 2.66. The van der Waals surface area contributed by atoms with Crippen LogP contribution in [-0.2, 0) is 26.0 Å². The topological polar surface area (TPSA) is 110 Å². The molecule has 154 valence electrons. The molecule has 0 saturated carbocycles. The second kappa shape index (κ2) is 8.75. The Balaban J connectivity index is 1.50. The fraction of sp³-hybridized carbons (Fsp3) is 0.333. The first kappa shape index (κ1) is 21.0. The number of carbonyl (C=O) groups is 2. The number of anilines is 1. The van der Waals surface area contributed by atoms with Crippen molar-refractivity contribution in [2.24, 2.45) is 11.1 Å². The number of likely N-dealkylation sites (tertiary alicyclic amines) is 1. The number of sulfonamides is 1. The van der Waals surface area contributed by atoms with E-state index in [2.05, 4.69) is 5.32 Å². The lowest BCUT2D eigenvalue weighted by Crippen LogP contribution is -2.42. The lowest BCUT2D eigenvalue weighted by atomic mass is 9.95. The molecular weight excluding hydrogens is 390 g/mol. The van der Waals surface area contributed by atoms with Crippen molar-refractivity contribution < 1.29 is 18.0 Å². The van der Waals surface area contributed by atoms with Crippen LogP contribution < -0.4 is 10.5 Å². The van der Waals surface area contributed by atoms with E-state index in [0.29, 0.717) is 38.0 Å². The molecule has 0 radical (unpaired) electrons. The molecule has 1 aliphatic heterocycles. The Morgan fingerprint density at radius 1 is 1.03 bits per heavy atom. The number of nitrogens with one attached hydrogen (secondary N) is 1. The first-order valence-electron chi connectivity index (χ1n) is 9.49. The number of hydrogen-bond donors (Lipinski definition) is 2. The van der Waals surface area contributed by atoms with E-state index in [9.17, 15) is 18.0 Å². The van der Waals surface area contributed by atoms with E-state index in [-0.39, 0.29) is 22.6 Å². The Morgan fingerprint density at radius 2 is 1.62 bits per heavy atom. The summed E-state index contributed by atoms with van der Waals surface area (Å²) in [4.78, 5) is 26.8. The van der Waals surface area contributed by atoms with Crippen LogP contribution in [0.1, 0.15) is 24.0 Å². The van der Waals surface area contributed by atoms with Gasteiger partial charge in [-0.15, -0.1) is 0 Å². The minimum Gasteiger partial charge on any atom is -0.342 e. The van der Waals surface area contributed by atoms with E-state index >= 15 is 0 Å². The molecule has 7 nitrogen and oxygen atoms in total. The molecule has 0 unspecified atom stereocenters. The zero-order chi connectivity index (χ0) is 21.0. The zero-order valence-electron chi connectivity index (χ0n) is 16.3. The third-order valence-corrected chi connectivity index (χ3v) is 6.07. The third-order valence-electron chi connectivity index (χ3n) is 5.14. The van der Waals surface area contributed by atoms with Crippen molar-refractivity contribution >= 4 is 27.5 Å². The van der Waals surface area contributed by atoms with Crippen LogP contribution in [0.5, 0.6) is 0 Å². The zero-order valence-corrected chi connectivity index (χ0v) is 17.1. The minimum absolute atomic E-state index is 0.00380. The van der Waals surface area contributed by atoms with Gasteiger partial charge in [0.15, 0.2) is 0 Å². The van der Waals surface area contributed by atoms with Gasteiger partial charge in [0.25, 0.3) is 0 Å². The van der Waals surface area contributed by atoms with E-state index in [1.165, 1.54) is 24.3 Å². The molecule has 1 fully saturated rings. The summed E-state index contributed by atoms with van der Waals surface area (Å²) < 4.78 is 22.6. The molecule has 2 aromatic rings. The van der Waals surface area contributed by atoms with Crippen molar-refractivity contribution in [3.63, 3.8) is 0 Å². The van der Waals surface area contributed by atoms with Crippen molar-refractivity contribution in [1.29, 1.82) is 0 Å². The molecule has 3 N–H and O–H groups in total. The Kier molecular flexibility index (Phi) is 6.34. The predicted molar refractivity (Wildman–Crippen MR) is 111 cm³/mol. The molecule has 29 heavy (non-hydrogen) atoms. The summed E-state index contributed by atoms with van der Waals surface area (Å²) in [6, 6.07) is 13.7. The van der Waals surface area contributed by atoms with Gasteiger partial charge in [0.1, 0.15) is 0 Å². The molecule has 2 aromatic carbocycles. The minimum atomic E-state index is -3.76. The highest BCUT2D eigenvalue weighted by molar-refractivity contribution is 7.89. The van der Waals surface area contributed by atoms with Crippen LogP contribution >= 0.6 is 0 Å². The Hall–Kier alpha value is -2.71. The summed E-state index contributed by atoms with van der Waals surface area (Å²) in [6.07, 6.45) is 1.56. The molecule has 0 spiro atoms. The fourth-order valence-corrected chi connectivity index (χ4v) is 3.87. The summed E-state index contributed by atoms with van der Waals surface area (Å²) in [7, 11) is -3.76. The maximum atomic E-state index is 12.5. The van der Waals surface area contributed by atoms with Crippen LogP contribution in [0, 0.1) is 12.8 Å². The van der Waals surface area contributed by atoms with E-state index in [0.717, 1.165) is 11.1 Å². The number of piperidine rings is 1. The average Bonchev–Trinajstić information content (AvgIpc) is 2.69. The standard InChI is InChI=1S/C21H25N3O4S/c1-15-2-4-16(5-3-15)14-20(25)24-12-10-17(11-13-24)21(26)23-18-6-8-19(9-7-18)29(22,27)28/h2-9,17H,10-14H2,1H3,(H,23,26)(H2,22,27,28). The maximum Gasteiger partial charge on any atom is 0.238 e. The van der Waals surface area contributed by atoms with Crippen LogP contribution in [0.2, 0.25) is 0 Å². The molecular formula is C21H25N3O4S. The number of aryl methyl sites for hydroxylation is 1. The van der Waals surface area contributed by atoms with Gasteiger partial charge in [-0.05, 0) is 49.6 Å². The number of nitrogens with zero attached hydrogens (tertiary/aromatic N) is 1. The van der Waals surface area contributed by atoms with E-state index in [1.807, 2.05) is 36.1 Å². The van der Waals surface area contributed by atoms with Gasteiger partial charge in [-0.2, -0.15) is 0 Å². The van der Waals surface area contributed by atoms with Crippen LogP contribution in [0.4, 0.5) is 5.69 Å². The molecule has 8 heteroatoms. The molecule has 0 atom stereocenters. The highest BCUT2D eigenvalue weighted by atomic mass is 32.2. The summed E-state index contributed by atoms with van der Waals surface area (Å²) in [5.74, 6) is -0.235. The largest absolute Gasteiger partial charge is 0.342 e. The molecule has 2 amide bonds. The van der Waals surface area contributed by atoms with Gasteiger partial charge in [0.05, 0.1) is 11.3 Å². The van der Waals surface area contributed by atoms with Gasteiger partial charge < -0.3 is 10.2 Å². The smallest absolute Gasteiger partial charge is 0.238 e. The van der Waals surface area contributed by atoms with Crippen molar-refractivity contribution in [1.82, 2.24) is 4.90 Å². The number of nitrogens with two attached hydrogens (primary N) is 1. The first-order chi connectivity index (χ1) is 13.7. The molecule has 0 aromatic heterocycles. The number of primary sulfonamides is 1. The number of rotatable bonds is 5. The lowest BCUT2D eigenvalue weighted by molar-refractivity contribution is -0.133. The van der Waals surface area contributed by atoms with E-state index < -0.39 is 10.0 Å². The molecule has 1 heterocycles. The highest BCUT2D eigenvalue weighted by Crippen LogP contribution is 2.21. The van der Waals surface area contributed by atoms with Gasteiger partial charge in [0.2, 0.25) is 21.8 Å². The monoisotopic (exact) mass is 415 g/mol. The summed E-state index contributed by atoms with van der Waals surface area (Å²) in [6.45, 7) is 3.11. The van der Waals surface area contributed by atoms with Gasteiger partial charge in [-0.25, -0.2) is 13.6 Å². The molecule has 0 aliphatic carbocycles. The van der Waals surface area contributed by atoms with Crippen molar-refractivity contribution in [3.05, 3.63) is 59.7 Å². The fourth-order valence-electron chi connectivity index (χ4n) is 3.36. The number of benzene rings is 2. The number of carbonyl (C=O) groups excluding carboxylic acids is 2. The highest BCUT2D eigenvalue weighted by Gasteiger charge is 2.27. The van der Waals surface area contributed by atoms with Gasteiger partial charge in [-0.3, -0.25) is 9.59 Å². The van der Waals surface area contributed by atoms with Gasteiger partial charge in [-0.1, -0.05) is 29.8 Å². The molecule has 1 aliphatic rings. The normalized spacial score (nSPS) is 15.2. The molecule has 3 rings (SSSR count).